The Kier molecular flexibility index (Phi) is 5.83. The second-order valence-corrected chi connectivity index (χ2v) is 7.66. The van der Waals surface area contributed by atoms with E-state index in [9.17, 15) is 9.59 Å². The molecule has 0 spiro atoms. The summed E-state index contributed by atoms with van der Waals surface area (Å²) in [6.45, 7) is 8.51. The van der Waals surface area contributed by atoms with Gasteiger partial charge in [0.05, 0.1) is 0 Å². The van der Waals surface area contributed by atoms with Crippen LogP contribution in [0.25, 0.3) is 10.9 Å². The molecule has 1 heterocycles. The Morgan fingerprint density at radius 1 is 1.07 bits per heavy atom. The fourth-order valence-corrected chi connectivity index (χ4v) is 3.23. The summed E-state index contributed by atoms with van der Waals surface area (Å²) in [5.74, 6) is 0.198. The van der Waals surface area contributed by atoms with Gasteiger partial charge < -0.3 is 15.6 Å². The lowest BCUT2D eigenvalue weighted by atomic mass is 10.1. The van der Waals surface area contributed by atoms with Crippen molar-refractivity contribution in [2.75, 3.05) is 5.32 Å². The van der Waals surface area contributed by atoms with E-state index >= 15 is 0 Å². The minimum Gasteiger partial charge on any atom is -0.358 e. The zero-order chi connectivity index (χ0) is 20.3. The Morgan fingerprint density at radius 2 is 1.86 bits per heavy atom. The second kappa shape index (κ2) is 8.30. The summed E-state index contributed by atoms with van der Waals surface area (Å²) < 4.78 is 0. The molecule has 5 heteroatoms. The Morgan fingerprint density at radius 3 is 2.61 bits per heavy atom. The van der Waals surface area contributed by atoms with Crippen LogP contribution in [0.1, 0.15) is 47.4 Å². The lowest BCUT2D eigenvalue weighted by Crippen LogP contribution is -2.22. The molecule has 2 amide bonds. The normalized spacial score (nSPS) is 11.0. The smallest absolute Gasteiger partial charge is 0.251 e. The molecule has 0 unspecified atom stereocenters. The summed E-state index contributed by atoms with van der Waals surface area (Å²) in [7, 11) is 0. The van der Waals surface area contributed by atoms with E-state index in [1.165, 1.54) is 0 Å². The molecule has 0 aliphatic heterocycles. The molecule has 3 N–H and O–H groups in total. The number of nitrogens with one attached hydrogen (secondary N) is 3. The molecule has 0 aliphatic carbocycles. The maximum atomic E-state index is 12.6. The third-order valence-electron chi connectivity index (χ3n) is 4.83. The summed E-state index contributed by atoms with van der Waals surface area (Å²) in [6, 6.07) is 13.2. The minimum absolute atomic E-state index is 0.00153. The molecular formula is C23H27N3O2. The van der Waals surface area contributed by atoms with E-state index in [0.717, 1.165) is 33.4 Å². The topological polar surface area (TPSA) is 74.0 Å². The van der Waals surface area contributed by atoms with E-state index in [0.29, 0.717) is 24.4 Å². The number of hydrogen-bond donors (Lipinski definition) is 3. The Balaban J connectivity index is 1.65. The van der Waals surface area contributed by atoms with Gasteiger partial charge in [0.25, 0.3) is 5.91 Å². The van der Waals surface area contributed by atoms with Gasteiger partial charge in [-0.3, -0.25) is 9.59 Å². The van der Waals surface area contributed by atoms with Crippen molar-refractivity contribution in [1.82, 2.24) is 10.3 Å². The van der Waals surface area contributed by atoms with E-state index in [-0.39, 0.29) is 11.8 Å². The van der Waals surface area contributed by atoms with E-state index in [4.69, 9.17) is 0 Å². The lowest BCUT2D eigenvalue weighted by Gasteiger charge is -2.10. The third kappa shape index (κ3) is 4.60. The van der Waals surface area contributed by atoms with Crippen LogP contribution >= 0.6 is 0 Å². The predicted molar refractivity (Wildman–Crippen MR) is 113 cm³/mol. The number of carbonyl (C=O) groups excluding carboxylic acids is 2. The average molecular weight is 377 g/mol. The summed E-state index contributed by atoms with van der Waals surface area (Å²) in [6.07, 6.45) is 0.488. The van der Waals surface area contributed by atoms with Crippen LogP contribution < -0.4 is 10.6 Å². The van der Waals surface area contributed by atoms with Gasteiger partial charge in [0, 0.05) is 40.8 Å². The number of anilines is 1. The number of aromatic nitrogens is 1. The zero-order valence-corrected chi connectivity index (χ0v) is 16.8. The van der Waals surface area contributed by atoms with Crippen molar-refractivity contribution in [2.24, 2.45) is 5.92 Å². The quantitative estimate of drug-likeness (QED) is 0.582. The molecule has 146 valence electrons. The molecule has 28 heavy (non-hydrogen) atoms. The average Bonchev–Trinajstić information content (AvgIpc) is 2.93. The monoisotopic (exact) mass is 377 g/mol. The second-order valence-electron chi connectivity index (χ2n) is 7.66. The van der Waals surface area contributed by atoms with Crippen LogP contribution in [0.4, 0.5) is 5.69 Å². The van der Waals surface area contributed by atoms with Crippen molar-refractivity contribution in [3.8, 4) is 0 Å². The Hall–Kier alpha value is -3.08. The molecule has 2 aromatic carbocycles. The summed E-state index contributed by atoms with van der Waals surface area (Å²) in [4.78, 5) is 27.8. The zero-order valence-electron chi connectivity index (χ0n) is 16.8. The van der Waals surface area contributed by atoms with Gasteiger partial charge in [-0.1, -0.05) is 26.0 Å². The molecule has 5 nitrogen and oxygen atoms in total. The van der Waals surface area contributed by atoms with Gasteiger partial charge in [-0.15, -0.1) is 0 Å². The number of aryl methyl sites for hydroxylation is 2. The number of rotatable bonds is 6. The molecule has 0 atom stereocenters. The molecule has 1 aromatic heterocycles. The SMILES string of the molecule is Cc1[nH]c2ccc(C(=O)NCc3cccc(NC(=O)CC(C)C)c3)cc2c1C. The van der Waals surface area contributed by atoms with Crippen LogP contribution in [0.2, 0.25) is 0 Å². The Labute approximate surface area is 165 Å². The van der Waals surface area contributed by atoms with Gasteiger partial charge >= 0.3 is 0 Å². The van der Waals surface area contributed by atoms with Crippen molar-refractivity contribution in [3.63, 3.8) is 0 Å². The predicted octanol–water partition coefficient (Wildman–Crippen LogP) is 4.70. The summed E-state index contributed by atoms with van der Waals surface area (Å²) >= 11 is 0. The maximum absolute atomic E-state index is 12.6. The van der Waals surface area contributed by atoms with Crippen molar-refractivity contribution < 1.29 is 9.59 Å². The highest BCUT2D eigenvalue weighted by atomic mass is 16.2. The van der Waals surface area contributed by atoms with E-state index in [1.807, 2.05) is 63.2 Å². The van der Waals surface area contributed by atoms with Crippen molar-refractivity contribution in [1.29, 1.82) is 0 Å². The molecule has 0 radical (unpaired) electrons. The molecule has 0 saturated heterocycles. The highest BCUT2D eigenvalue weighted by Gasteiger charge is 2.10. The molecule has 3 aromatic rings. The highest BCUT2D eigenvalue weighted by Crippen LogP contribution is 2.22. The number of aromatic amines is 1. The first kappa shape index (κ1) is 19.7. The van der Waals surface area contributed by atoms with Crippen molar-refractivity contribution >= 4 is 28.4 Å². The molecular weight excluding hydrogens is 350 g/mol. The van der Waals surface area contributed by atoms with Crippen LogP contribution in [0, 0.1) is 19.8 Å². The van der Waals surface area contributed by atoms with Crippen LogP contribution in [-0.4, -0.2) is 16.8 Å². The standard InChI is InChI=1S/C23H27N3O2/c1-14(2)10-22(27)26-19-7-5-6-17(11-19)13-24-23(28)18-8-9-21-20(12-18)15(3)16(4)25-21/h5-9,11-12,14,25H,10,13H2,1-4H3,(H,24,28)(H,26,27). The molecule has 0 bridgehead atoms. The van der Waals surface area contributed by atoms with E-state index < -0.39 is 0 Å². The number of fused-ring (bicyclic) bond motifs is 1. The fraction of sp³-hybridized carbons (Fsp3) is 0.304. The van der Waals surface area contributed by atoms with Gasteiger partial charge in [-0.25, -0.2) is 0 Å². The summed E-state index contributed by atoms with van der Waals surface area (Å²) in [5, 5.41) is 6.93. The number of carbonyl (C=O) groups is 2. The van der Waals surface area contributed by atoms with Crippen molar-refractivity contribution in [2.45, 2.75) is 40.7 Å². The number of benzene rings is 2. The van der Waals surface area contributed by atoms with E-state index in [2.05, 4.69) is 22.5 Å². The molecule has 0 saturated carbocycles. The first-order valence-electron chi connectivity index (χ1n) is 9.59. The molecule has 0 fully saturated rings. The third-order valence-corrected chi connectivity index (χ3v) is 4.83. The molecule has 0 aliphatic rings. The van der Waals surface area contributed by atoms with Crippen LogP contribution in [0.15, 0.2) is 42.5 Å². The number of hydrogen-bond acceptors (Lipinski definition) is 2. The van der Waals surface area contributed by atoms with Crippen LogP contribution in [-0.2, 0) is 11.3 Å². The first-order chi connectivity index (χ1) is 13.3. The fourth-order valence-electron chi connectivity index (χ4n) is 3.23. The minimum atomic E-state index is -0.116. The van der Waals surface area contributed by atoms with Gasteiger partial charge in [-0.2, -0.15) is 0 Å². The van der Waals surface area contributed by atoms with Gasteiger partial charge in [0.2, 0.25) is 5.91 Å². The lowest BCUT2D eigenvalue weighted by molar-refractivity contribution is -0.116. The highest BCUT2D eigenvalue weighted by molar-refractivity contribution is 5.99. The maximum Gasteiger partial charge on any atom is 0.251 e. The first-order valence-corrected chi connectivity index (χ1v) is 9.59. The van der Waals surface area contributed by atoms with Crippen LogP contribution in [0.5, 0.6) is 0 Å². The Bertz CT molecular complexity index is 1020. The summed E-state index contributed by atoms with van der Waals surface area (Å²) in [5.41, 5.74) is 5.63. The van der Waals surface area contributed by atoms with Gasteiger partial charge in [0.1, 0.15) is 0 Å². The number of amides is 2. The van der Waals surface area contributed by atoms with Gasteiger partial charge in [0.15, 0.2) is 0 Å². The largest absolute Gasteiger partial charge is 0.358 e. The van der Waals surface area contributed by atoms with Crippen LogP contribution in [0.3, 0.4) is 0 Å². The van der Waals surface area contributed by atoms with Crippen molar-refractivity contribution in [3.05, 3.63) is 64.8 Å². The molecule has 3 rings (SSSR count). The van der Waals surface area contributed by atoms with E-state index in [1.54, 1.807) is 0 Å². The number of H-pyrrole nitrogens is 1. The van der Waals surface area contributed by atoms with Gasteiger partial charge in [-0.05, 0) is 61.2 Å².